The van der Waals surface area contributed by atoms with E-state index in [9.17, 15) is 13.2 Å². The number of rotatable bonds is 6. The summed E-state index contributed by atoms with van der Waals surface area (Å²) in [4.78, 5) is 15.0. The third-order valence-corrected chi connectivity index (χ3v) is 3.92. The molecule has 0 aliphatic carbocycles. The minimum absolute atomic E-state index is 0.0343. The van der Waals surface area contributed by atoms with Crippen molar-refractivity contribution < 1.29 is 13.2 Å². The first-order valence-corrected chi connectivity index (χ1v) is 7.58. The number of sulfonamides is 1. The molecule has 0 saturated carbocycles. The summed E-state index contributed by atoms with van der Waals surface area (Å²) in [7, 11) is -3.62. The van der Waals surface area contributed by atoms with Gasteiger partial charge in [-0.3, -0.25) is 4.79 Å². The van der Waals surface area contributed by atoms with E-state index in [0.29, 0.717) is 0 Å². The number of carbonyl (C=O) groups is 1. The highest BCUT2D eigenvalue weighted by Gasteiger charge is 2.14. The Kier molecular flexibility index (Phi) is 5.71. The number of carbonyl (C=O) groups excluding carboxylic acids is 1. The molecule has 0 saturated heterocycles. The maximum Gasteiger partial charge on any atom is 0.242 e. The minimum atomic E-state index is -3.62. The summed E-state index contributed by atoms with van der Waals surface area (Å²) in [5.74, 6) is -0.246. The van der Waals surface area contributed by atoms with Gasteiger partial charge in [-0.2, -0.15) is 0 Å². The second-order valence-electron chi connectivity index (χ2n) is 4.16. The van der Waals surface area contributed by atoms with E-state index >= 15 is 0 Å². The first kappa shape index (κ1) is 15.9. The van der Waals surface area contributed by atoms with Crippen LogP contribution in [-0.4, -0.2) is 32.4 Å². The SMILES string of the molecule is CC(C)C(=O)NCCNS(=O)(=O)c1ccc(Cl)nc1. The van der Waals surface area contributed by atoms with Gasteiger partial charge in [-0.05, 0) is 12.1 Å². The first-order valence-electron chi connectivity index (χ1n) is 5.72. The molecule has 1 rings (SSSR count). The fourth-order valence-corrected chi connectivity index (χ4v) is 2.27. The van der Waals surface area contributed by atoms with E-state index in [4.69, 9.17) is 11.6 Å². The van der Waals surface area contributed by atoms with Crippen LogP contribution in [0.25, 0.3) is 0 Å². The molecule has 0 radical (unpaired) electrons. The summed E-state index contributed by atoms with van der Waals surface area (Å²) in [5, 5.41) is 2.84. The summed E-state index contributed by atoms with van der Waals surface area (Å²) < 4.78 is 26.0. The van der Waals surface area contributed by atoms with E-state index in [2.05, 4.69) is 15.0 Å². The molecule has 0 fully saturated rings. The van der Waals surface area contributed by atoms with Crippen LogP contribution in [0.5, 0.6) is 0 Å². The molecular weight excluding hydrogens is 290 g/mol. The van der Waals surface area contributed by atoms with Crippen molar-refractivity contribution in [1.29, 1.82) is 0 Å². The monoisotopic (exact) mass is 305 g/mol. The molecule has 0 bridgehead atoms. The van der Waals surface area contributed by atoms with Gasteiger partial charge in [0, 0.05) is 25.2 Å². The third-order valence-electron chi connectivity index (χ3n) is 2.25. The molecule has 0 atom stereocenters. The van der Waals surface area contributed by atoms with Crippen molar-refractivity contribution in [3.8, 4) is 0 Å². The van der Waals surface area contributed by atoms with Crippen molar-refractivity contribution in [2.24, 2.45) is 5.92 Å². The number of nitrogens with zero attached hydrogens (tertiary/aromatic N) is 1. The Morgan fingerprint density at radius 3 is 2.58 bits per heavy atom. The Morgan fingerprint density at radius 2 is 2.05 bits per heavy atom. The molecule has 0 aromatic carbocycles. The van der Waals surface area contributed by atoms with Crippen LogP contribution in [0.4, 0.5) is 0 Å². The van der Waals surface area contributed by atoms with Gasteiger partial charge in [0.05, 0.1) is 0 Å². The molecule has 8 heteroatoms. The highest BCUT2D eigenvalue weighted by Crippen LogP contribution is 2.10. The van der Waals surface area contributed by atoms with Gasteiger partial charge >= 0.3 is 0 Å². The van der Waals surface area contributed by atoms with Crippen molar-refractivity contribution in [2.75, 3.05) is 13.1 Å². The molecule has 0 aliphatic rings. The molecule has 6 nitrogen and oxygen atoms in total. The van der Waals surface area contributed by atoms with E-state index in [0.717, 1.165) is 0 Å². The molecule has 1 aromatic rings. The highest BCUT2D eigenvalue weighted by atomic mass is 35.5. The fourth-order valence-electron chi connectivity index (χ4n) is 1.18. The summed E-state index contributed by atoms with van der Waals surface area (Å²) in [6.07, 6.45) is 1.18. The standard InChI is InChI=1S/C11H16ClN3O3S/c1-8(2)11(16)13-5-6-15-19(17,18)9-3-4-10(12)14-7-9/h3-4,7-8,15H,5-6H2,1-2H3,(H,13,16). The van der Waals surface area contributed by atoms with Gasteiger partial charge < -0.3 is 5.32 Å². The van der Waals surface area contributed by atoms with Crippen molar-refractivity contribution >= 4 is 27.5 Å². The fraction of sp³-hybridized carbons (Fsp3) is 0.455. The number of hydrogen-bond donors (Lipinski definition) is 2. The first-order chi connectivity index (χ1) is 8.83. The molecule has 0 unspecified atom stereocenters. The minimum Gasteiger partial charge on any atom is -0.355 e. The lowest BCUT2D eigenvalue weighted by Gasteiger charge is -2.09. The Balaban J connectivity index is 2.48. The molecule has 0 spiro atoms. The van der Waals surface area contributed by atoms with E-state index in [-0.39, 0.29) is 35.0 Å². The van der Waals surface area contributed by atoms with Crippen LogP contribution in [-0.2, 0) is 14.8 Å². The zero-order valence-corrected chi connectivity index (χ0v) is 12.3. The van der Waals surface area contributed by atoms with Gasteiger partial charge in [0.25, 0.3) is 0 Å². The summed E-state index contributed by atoms with van der Waals surface area (Å²) in [6, 6.07) is 2.76. The average molecular weight is 306 g/mol. The second-order valence-corrected chi connectivity index (χ2v) is 6.31. The van der Waals surface area contributed by atoms with Crippen molar-refractivity contribution in [2.45, 2.75) is 18.7 Å². The number of amides is 1. The number of halogens is 1. The smallest absolute Gasteiger partial charge is 0.242 e. The van der Waals surface area contributed by atoms with Gasteiger partial charge in [0.15, 0.2) is 0 Å². The van der Waals surface area contributed by atoms with Gasteiger partial charge in [0.1, 0.15) is 10.0 Å². The summed E-state index contributed by atoms with van der Waals surface area (Å²) in [5.41, 5.74) is 0. The maximum absolute atomic E-state index is 11.8. The highest BCUT2D eigenvalue weighted by molar-refractivity contribution is 7.89. The van der Waals surface area contributed by atoms with E-state index in [1.54, 1.807) is 13.8 Å². The number of hydrogen-bond acceptors (Lipinski definition) is 4. The largest absolute Gasteiger partial charge is 0.355 e. The van der Waals surface area contributed by atoms with Crippen LogP contribution < -0.4 is 10.0 Å². The Hall–Kier alpha value is -1.18. The van der Waals surface area contributed by atoms with Crippen molar-refractivity contribution in [3.05, 3.63) is 23.5 Å². The Labute approximate surface area is 117 Å². The van der Waals surface area contributed by atoms with E-state index in [1.165, 1.54) is 18.3 Å². The molecule has 106 valence electrons. The van der Waals surface area contributed by atoms with Crippen LogP contribution in [0.15, 0.2) is 23.2 Å². The Morgan fingerprint density at radius 1 is 1.37 bits per heavy atom. The quantitative estimate of drug-likeness (QED) is 0.600. The lowest BCUT2D eigenvalue weighted by atomic mass is 10.2. The van der Waals surface area contributed by atoms with Gasteiger partial charge in [-0.15, -0.1) is 0 Å². The zero-order valence-electron chi connectivity index (χ0n) is 10.7. The summed E-state index contributed by atoms with van der Waals surface area (Å²) in [6.45, 7) is 3.87. The van der Waals surface area contributed by atoms with Gasteiger partial charge in [-0.25, -0.2) is 18.1 Å². The second kappa shape index (κ2) is 6.83. The van der Waals surface area contributed by atoms with Crippen LogP contribution in [0.2, 0.25) is 5.15 Å². The lowest BCUT2D eigenvalue weighted by molar-refractivity contribution is -0.123. The van der Waals surface area contributed by atoms with Crippen LogP contribution in [0.3, 0.4) is 0 Å². The van der Waals surface area contributed by atoms with Gasteiger partial charge in [-0.1, -0.05) is 25.4 Å². The normalized spacial score (nSPS) is 11.6. The molecule has 1 heterocycles. The van der Waals surface area contributed by atoms with E-state index < -0.39 is 10.0 Å². The van der Waals surface area contributed by atoms with Crippen molar-refractivity contribution in [3.63, 3.8) is 0 Å². The van der Waals surface area contributed by atoms with Crippen LogP contribution in [0, 0.1) is 5.92 Å². The molecule has 1 aromatic heterocycles. The number of nitrogens with one attached hydrogen (secondary N) is 2. The van der Waals surface area contributed by atoms with Crippen molar-refractivity contribution in [1.82, 2.24) is 15.0 Å². The topological polar surface area (TPSA) is 88.2 Å². The van der Waals surface area contributed by atoms with Gasteiger partial charge in [0.2, 0.25) is 15.9 Å². The molecule has 1 amide bonds. The van der Waals surface area contributed by atoms with Crippen LogP contribution in [0.1, 0.15) is 13.8 Å². The maximum atomic E-state index is 11.8. The third kappa shape index (κ3) is 5.14. The molecular formula is C11H16ClN3O3S. The number of aromatic nitrogens is 1. The van der Waals surface area contributed by atoms with Crippen LogP contribution >= 0.6 is 11.6 Å². The zero-order chi connectivity index (χ0) is 14.5. The molecule has 19 heavy (non-hydrogen) atoms. The Bertz CT molecular complexity index is 529. The predicted molar refractivity (Wildman–Crippen MR) is 72.3 cm³/mol. The summed E-state index contributed by atoms with van der Waals surface area (Å²) >= 11 is 5.58. The lowest BCUT2D eigenvalue weighted by Crippen LogP contribution is -2.36. The predicted octanol–water partition coefficient (Wildman–Crippen LogP) is 0.785. The molecule has 2 N–H and O–H groups in total. The number of pyridine rings is 1. The molecule has 0 aliphatic heterocycles. The average Bonchev–Trinajstić information content (AvgIpc) is 2.34. The van der Waals surface area contributed by atoms with E-state index in [1.807, 2.05) is 0 Å².